The molecule has 0 fully saturated rings. The van der Waals surface area contributed by atoms with Crippen LogP contribution in [0, 0.1) is 5.82 Å². The molecule has 1 N–H and O–H groups in total. The maximum atomic E-state index is 13.0. The molecule has 0 radical (unpaired) electrons. The fraction of sp³-hybridized carbons (Fsp3) is 0.250. The first-order valence-electron chi connectivity index (χ1n) is 3.70. The molecule has 1 atom stereocenters. The van der Waals surface area contributed by atoms with Crippen LogP contribution in [0.3, 0.4) is 0 Å². The monoisotopic (exact) mass is 201 g/mol. The molecule has 1 aromatic rings. The molecular weight excluding hydrogens is 193 g/mol. The predicted octanol–water partition coefficient (Wildman–Crippen LogP) is 2.26. The standard InChI is InChI=1S/C8H9ClFN3/c1-3-5(2)12-7-6(10)4-11-8(9)13-7/h3-5H,1H2,2H3,(H,11,12,13). The van der Waals surface area contributed by atoms with E-state index in [1.54, 1.807) is 6.08 Å². The number of nitrogens with one attached hydrogen (secondary N) is 1. The second-order valence-corrected chi connectivity index (χ2v) is 2.84. The maximum Gasteiger partial charge on any atom is 0.224 e. The highest BCUT2D eigenvalue weighted by Crippen LogP contribution is 2.12. The van der Waals surface area contributed by atoms with Crippen LogP contribution in [0.4, 0.5) is 10.2 Å². The number of halogens is 2. The van der Waals surface area contributed by atoms with Gasteiger partial charge in [-0.3, -0.25) is 0 Å². The van der Waals surface area contributed by atoms with Crippen molar-refractivity contribution in [3.63, 3.8) is 0 Å². The van der Waals surface area contributed by atoms with E-state index in [1.165, 1.54) is 0 Å². The molecule has 0 aliphatic carbocycles. The van der Waals surface area contributed by atoms with Crippen LogP contribution in [0.15, 0.2) is 18.9 Å². The SMILES string of the molecule is C=CC(C)Nc1nc(Cl)ncc1F. The molecule has 13 heavy (non-hydrogen) atoms. The van der Waals surface area contributed by atoms with Crippen molar-refractivity contribution < 1.29 is 4.39 Å². The highest BCUT2D eigenvalue weighted by atomic mass is 35.5. The highest BCUT2D eigenvalue weighted by molar-refractivity contribution is 6.28. The number of hydrogen-bond donors (Lipinski definition) is 1. The zero-order valence-electron chi connectivity index (χ0n) is 7.09. The molecule has 0 saturated carbocycles. The lowest BCUT2D eigenvalue weighted by molar-refractivity contribution is 0.615. The van der Waals surface area contributed by atoms with Crippen molar-refractivity contribution in [2.24, 2.45) is 0 Å². The fourth-order valence-electron chi connectivity index (χ4n) is 0.721. The van der Waals surface area contributed by atoms with Crippen LogP contribution in [0.2, 0.25) is 5.28 Å². The number of hydrogen-bond acceptors (Lipinski definition) is 3. The fourth-order valence-corrected chi connectivity index (χ4v) is 0.855. The Hall–Kier alpha value is -1.16. The van der Waals surface area contributed by atoms with Crippen LogP contribution < -0.4 is 5.32 Å². The minimum atomic E-state index is -0.530. The predicted molar refractivity (Wildman–Crippen MR) is 50.3 cm³/mol. The van der Waals surface area contributed by atoms with E-state index in [1.807, 2.05) is 6.92 Å². The molecule has 0 saturated heterocycles. The van der Waals surface area contributed by atoms with Gasteiger partial charge in [-0.2, -0.15) is 4.98 Å². The molecule has 0 aliphatic heterocycles. The van der Waals surface area contributed by atoms with Gasteiger partial charge in [-0.1, -0.05) is 6.08 Å². The van der Waals surface area contributed by atoms with Crippen LogP contribution >= 0.6 is 11.6 Å². The Balaban J connectivity index is 2.86. The lowest BCUT2D eigenvalue weighted by atomic mass is 10.3. The second kappa shape index (κ2) is 4.18. The van der Waals surface area contributed by atoms with Gasteiger partial charge in [0.15, 0.2) is 11.6 Å². The molecular formula is C8H9ClFN3. The molecule has 5 heteroatoms. The van der Waals surface area contributed by atoms with Crippen molar-refractivity contribution in [2.75, 3.05) is 5.32 Å². The van der Waals surface area contributed by atoms with Crippen LogP contribution in [-0.4, -0.2) is 16.0 Å². The third kappa shape index (κ3) is 2.66. The van der Waals surface area contributed by atoms with Crippen LogP contribution in [0.25, 0.3) is 0 Å². The average molecular weight is 202 g/mol. The molecule has 0 bridgehead atoms. The van der Waals surface area contributed by atoms with E-state index in [9.17, 15) is 4.39 Å². The van der Waals surface area contributed by atoms with Gasteiger partial charge < -0.3 is 5.32 Å². The van der Waals surface area contributed by atoms with Crippen LogP contribution in [0.5, 0.6) is 0 Å². The summed E-state index contributed by atoms with van der Waals surface area (Å²) in [6.07, 6.45) is 2.66. The van der Waals surface area contributed by atoms with Gasteiger partial charge in [-0.05, 0) is 18.5 Å². The van der Waals surface area contributed by atoms with Gasteiger partial charge in [-0.15, -0.1) is 6.58 Å². The Bertz CT molecular complexity index is 316. The first-order chi connectivity index (χ1) is 6.13. The summed E-state index contributed by atoms with van der Waals surface area (Å²) < 4.78 is 13.0. The van der Waals surface area contributed by atoms with Crippen molar-refractivity contribution in [3.8, 4) is 0 Å². The normalized spacial score (nSPS) is 12.2. The molecule has 0 amide bonds. The lowest BCUT2D eigenvalue weighted by Gasteiger charge is -2.09. The lowest BCUT2D eigenvalue weighted by Crippen LogP contribution is -2.14. The molecule has 1 heterocycles. The number of aromatic nitrogens is 2. The summed E-state index contributed by atoms with van der Waals surface area (Å²) in [4.78, 5) is 7.17. The van der Waals surface area contributed by atoms with Gasteiger partial charge in [0.1, 0.15) is 0 Å². The van der Waals surface area contributed by atoms with Crippen LogP contribution in [-0.2, 0) is 0 Å². The Morgan fingerprint density at radius 3 is 3.08 bits per heavy atom. The third-order valence-corrected chi connectivity index (χ3v) is 1.61. The van der Waals surface area contributed by atoms with Crippen molar-refractivity contribution in [3.05, 3.63) is 30.0 Å². The van der Waals surface area contributed by atoms with E-state index in [0.717, 1.165) is 6.20 Å². The molecule has 0 spiro atoms. The smallest absolute Gasteiger partial charge is 0.224 e. The number of anilines is 1. The van der Waals surface area contributed by atoms with E-state index >= 15 is 0 Å². The van der Waals surface area contributed by atoms with Crippen LogP contribution in [0.1, 0.15) is 6.92 Å². The first kappa shape index (κ1) is 9.92. The molecule has 0 aromatic carbocycles. The zero-order chi connectivity index (χ0) is 9.84. The zero-order valence-corrected chi connectivity index (χ0v) is 7.85. The summed E-state index contributed by atoms with van der Waals surface area (Å²) in [6.45, 7) is 5.37. The first-order valence-corrected chi connectivity index (χ1v) is 4.08. The van der Waals surface area contributed by atoms with Gasteiger partial charge >= 0.3 is 0 Å². The number of rotatable bonds is 3. The minimum Gasteiger partial charge on any atom is -0.362 e. The van der Waals surface area contributed by atoms with Gasteiger partial charge in [0, 0.05) is 6.04 Å². The Kier molecular flexibility index (Phi) is 3.19. The molecule has 0 aliphatic rings. The third-order valence-electron chi connectivity index (χ3n) is 1.43. The molecule has 70 valence electrons. The van der Waals surface area contributed by atoms with Crippen molar-refractivity contribution in [2.45, 2.75) is 13.0 Å². The van der Waals surface area contributed by atoms with E-state index < -0.39 is 5.82 Å². The summed E-state index contributed by atoms with van der Waals surface area (Å²) in [5.41, 5.74) is 0. The van der Waals surface area contributed by atoms with Crippen molar-refractivity contribution >= 4 is 17.4 Å². The molecule has 3 nitrogen and oxygen atoms in total. The van der Waals surface area contributed by atoms with Gasteiger partial charge in [0.25, 0.3) is 0 Å². The topological polar surface area (TPSA) is 37.8 Å². The average Bonchev–Trinajstić information content (AvgIpc) is 2.11. The van der Waals surface area contributed by atoms with E-state index in [0.29, 0.717) is 0 Å². The van der Waals surface area contributed by atoms with E-state index in [2.05, 4.69) is 21.9 Å². The van der Waals surface area contributed by atoms with Crippen molar-refractivity contribution in [1.82, 2.24) is 9.97 Å². The highest BCUT2D eigenvalue weighted by Gasteiger charge is 2.06. The van der Waals surface area contributed by atoms with E-state index in [-0.39, 0.29) is 17.1 Å². The van der Waals surface area contributed by atoms with Gasteiger partial charge in [0.2, 0.25) is 5.28 Å². The second-order valence-electron chi connectivity index (χ2n) is 2.50. The van der Waals surface area contributed by atoms with E-state index in [4.69, 9.17) is 11.6 Å². The van der Waals surface area contributed by atoms with Gasteiger partial charge in [-0.25, -0.2) is 9.37 Å². The summed E-state index contributed by atoms with van der Waals surface area (Å²) >= 11 is 5.49. The largest absolute Gasteiger partial charge is 0.362 e. The van der Waals surface area contributed by atoms with Gasteiger partial charge in [0.05, 0.1) is 6.20 Å². The molecule has 1 aromatic heterocycles. The summed E-state index contributed by atoms with van der Waals surface area (Å²) in [6, 6.07) is -0.0690. The Morgan fingerprint density at radius 2 is 2.46 bits per heavy atom. The number of nitrogens with zero attached hydrogens (tertiary/aromatic N) is 2. The summed E-state index contributed by atoms with van der Waals surface area (Å²) in [7, 11) is 0. The summed E-state index contributed by atoms with van der Waals surface area (Å²) in [5.74, 6) is -0.439. The Morgan fingerprint density at radius 1 is 1.77 bits per heavy atom. The minimum absolute atomic E-state index is 0.0140. The molecule has 1 unspecified atom stereocenters. The van der Waals surface area contributed by atoms with Crippen molar-refractivity contribution in [1.29, 1.82) is 0 Å². The quantitative estimate of drug-likeness (QED) is 0.602. The maximum absolute atomic E-state index is 13.0. The Labute approximate surface area is 80.7 Å². The molecule has 1 rings (SSSR count). The summed E-state index contributed by atoms with van der Waals surface area (Å²) in [5, 5.41) is 2.79.